The maximum atomic E-state index is 5.12. The third-order valence-electron chi connectivity index (χ3n) is 1.72. The molecule has 0 aromatic carbocycles. The summed E-state index contributed by atoms with van der Waals surface area (Å²) in [5.74, 6) is 1.57. The molecule has 14 heavy (non-hydrogen) atoms. The number of methoxy groups -OCH3 is 1. The molecule has 0 aliphatic carbocycles. The molecule has 2 aromatic heterocycles. The Balaban J connectivity index is 2.50. The molecule has 0 N–H and O–H groups in total. The van der Waals surface area contributed by atoms with E-state index in [4.69, 9.17) is 9.26 Å². The topological polar surface area (TPSA) is 61.0 Å². The summed E-state index contributed by atoms with van der Waals surface area (Å²) in [6.07, 6.45) is 1.65. The normalized spacial score (nSPS) is 10.1. The van der Waals surface area contributed by atoms with Crippen LogP contribution in [0.15, 0.2) is 22.9 Å². The van der Waals surface area contributed by atoms with Gasteiger partial charge in [0.1, 0.15) is 5.75 Å². The maximum Gasteiger partial charge on any atom is 0.280 e. The van der Waals surface area contributed by atoms with Gasteiger partial charge in [0.25, 0.3) is 5.89 Å². The largest absolute Gasteiger partial charge is 0.494 e. The average molecular weight is 191 g/mol. The minimum atomic E-state index is 0.375. The molecule has 0 spiro atoms. The van der Waals surface area contributed by atoms with Crippen molar-refractivity contribution < 1.29 is 9.26 Å². The van der Waals surface area contributed by atoms with Gasteiger partial charge in [-0.2, -0.15) is 4.98 Å². The molecule has 2 aromatic rings. The zero-order chi connectivity index (χ0) is 9.97. The van der Waals surface area contributed by atoms with Crippen LogP contribution in [0.1, 0.15) is 5.82 Å². The lowest BCUT2D eigenvalue weighted by Crippen LogP contribution is -1.90. The standard InChI is InChI=1S/C9H9N3O2/c1-6-11-9(14-12-6)8-7(13-2)4-3-5-10-8/h3-5H,1-2H3. The molecule has 0 fully saturated rings. The number of hydrogen-bond donors (Lipinski definition) is 0. The van der Waals surface area contributed by atoms with Gasteiger partial charge in [-0.05, 0) is 19.1 Å². The van der Waals surface area contributed by atoms with Crippen LogP contribution in [0.5, 0.6) is 5.75 Å². The molecule has 72 valence electrons. The molecule has 2 rings (SSSR count). The first-order valence-corrected chi connectivity index (χ1v) is 4.11. The van der Waals surface area contributed by atoms with Crippen molar-refractivity contribution >= 4 is 0 Å². The molecule has 0 amide bonds. The molecule has 0 radical (unpaired) electrons. The second kappa shape index (κ2) is 3.45. The highest BCUT2D eigenvalue weighted by Gasteiger charge is 2.12. The lowest BCUT2D eigenvalue weighted by atomic mass is 10.3. The predicted octanol–water partition coefficient (Wildman–Crippen LogP) is 1.45. The molecule has 0 atom stereocenters. The molecule has 0 aliphatic rings. The highest BCUT2D eigenvalue weighted by molar-refractivity contribution is 5.56. The van der Waals surface area contributed by atoms with E-state index in [0.717, 1.165) is 0 Å². The van der Waals surface area contributed by atoms with Crippen molar-refractivity contribution in [3.63, 3.8) is 0 Å². The van der Waals surface area contributed by atoms with Crippen LogP contribution >= 0.6 is 0 Å². The van der Waals surface area contributed by atoms with Crippen molar-refractivity contribution in [2.45, 2.75) is 6.92 Å². The van der Waals surface area contributed by atoms with Crippen molar-refractivity contribution in [2.24, 2.45) is 0 Å². The summed E-state index contributed by atoms with van der Waals surface area (Å²) in [6.45, 7) is 1.75. The first kappa shape index (κ1) is 8.68. The SMILES string of the molecule is COc1cccnc1-c1nc(C)no1. The van der Waals surface area contributed by atoms with E-state index in [-0.39, 0.29) is 0 Å². The first-order chi connectivity index (χ1) is 6.81. The second-order valence-electron chi connectivity index (χ2n) is 2.70. The van der Waals surface area contributed by atoms with Gasteiger partial charge < -0.3 is 9.26 Å². The second-order valence-corrected chi connectivity index (χ2v) is 2.70. The van der Waals surface area contributed by atoms with E-state index < -0.39 is 0 Å². The van der Waals surface area contributed by atoms with Gasteiger partial charge >= 0.3 is 0 Å². The molecule has 0 bridgehead atoms. The number of rotatable bonds is 2. The molecule has 0 aliphatic heterocycles. The molecule has 0 saturated carbocycles. The van der Waals surface area contributed by atoms with Crippen LogP contribution in [0, 0.1) is 6.92 Å². The summed E-state index contributed by atoms with van der Waals surface area (Å²) in [4.78, 5) is 8.18. The number of aromatic nitrogens is 3. The highest BCUT2D eigenvalue weighted by Crippen LogP contribution is 2.24. The van der Waals surface area contributed by atoms with E-state index in [0.29, 0.717) is 23.2 Å². The number of pyridine rings is 1. The summed E-state index contributed by atoms with van der Waals surface area (Å²) in [7, 11) is 1.57. The van der Waals surface area contributed by atoms with E-state index in [1.807, 2.05) is 0 Å². The van der Waals surface area contributed by atoms with Crippen molar-refractivity contribution in [2.75, 3.05) is 7.11 Å². The fraction of sp³-hybridized carbons (Fsp3) is 0.222. The predicted molar refractivity (Wildman–Crippen MR) is 48.8 cm³/mol. The first-order valence-electron chi connectivity index (χ1n) is 4.11. The molecule has 5 nitrogen and oxygen atoms in total. The minimum Gasteiger partial charge on any atom is -0.494 e. The van der Waals surface area contributed by atoms with Crippen molar-refractivity contribution in [3.05, 3.63) is 24.2 Å². The zero-order valence-electron chi connectivity index (χ0n) is 7.89. The van der Waals surface area contributed by atoms with Crippen molar-refractivity contribution in [3.8, 4) is 17.3 Å². The summed E-state index contributed by atoms with van der Waals surface area (Å²) >= 11 is 0. The van der Waals surface area contributed by atoms with Gasteiger partial charge in [0.05, 0.1) is 7.11 Å². The third kappa shape index (κ3) is 1.44. The highest BCUT2D eigenvalue weighted by atomic mass is 16.5. The van der Waals surface area contributed by atoms with E-state index in [9.17, 15) is 0 Å². The summed E-state index contributed by atoms with van der Waals surface area (Å²) < 4.78 is 10.1. The van der Waals surface area contributed by atoms with Crippen LogP contribution in [0.25, 0.3) is 11.6 Å². The van der Waals surface area contributed by atoms with Gasteiger partial charge in [-0.3, -0.25) is 0 Å². The Hall–Kier alpha value is -1.91. The fourth-order valence-electron chi connectivity index (χ4n) is 1.11. The van der Waals surface area contributed by atoms with Crippen LogP contribution in [-0.4, -0.2) is 22.2 Å². The van der Waals surface area contributed by atoms with Gasteiger partial charge in [0.15, 0.2) is 11.5 Å². The van der Waals surface area contributed by atoms with Crippen LogP contribution in [0.3, 0.4) is 0 Å². The maximum absolute atomic E-state index is 5.12. The van der Waals surface area contributed by atoms with Gasteiger partial charge in [-0.1, -0.05) is 5.16 Å². The Kier molecular flexibility index (Phi) is 2.14. The molecular formula is C9H9N3O2. The molecule has 0 unspecified atom stereocenters. The molecule has 2 heterocycles. The quantitative estimate of drug-likeness (QED) is 0.718. The van der Waals surface area contributed by atoms with E-state index in [2.05, 4.69) is 15.1 Å². The van der Waals surface area contributed by atoms with Crippen molar-refractivity contribution in [1.29, 1.82) is 0 Å². The smallest absolute Gasteiger partial charge is 0.280 e. The van der Waals surface area contributed by atoms with Crippen LogP contribution in [0.2, 0.25) is 0 Å². The Morgan fingerprint density at radius 1 is 1.43 bits per heavy atom. The molecule has 5 heteroatoms. The summed E-state index contributed by atoms with van der Waals surface area (Å²) in [6, 6.07) is 3.58. The zero-order valence-corrected chi connectivity index (χ0v) is 7.89. The molecular weight excluding hydrogens is 182 g/mol. The fourth-order valence-corrected chi connectivity index (χ4v) is 1.11. The summed E-state index contributed by atoms with van der Waals surface area (Å²) in [5, 5.41) is 3.69. The Bertz CT molecular complexity index is 439. The minimum absolute atomic E-state index is 0.375. The lowest BCUT2D eigenvalue weighted by molar-refractivity contribution is 0.401. The Morgan fingerprint density at radius 2 is 2.29 bits per heavy atom. The van der Waals surface area contributed by atoms with Gasteiger partial charge in [-0.15, -0.1) is 0 Å². The van der Waals surface area contributed by atoms with Gasteiger partial charge in [-0.25, -0.2) is 4.98 Å². The molecule has 0 saturated heterocycles. The summed E-state index contributed by atoms with van der Waals surface area (Å²) in [5.41, 5.74) is 0.565. The van der Waals surface area contributed by atoms with Crippen LogP contribution in [-0.2, 0) is 0 Å². The van der Waals surface area contributed by atoms with Crippen molar-refractivity contribution in [1.82, 2.24) is 15.1 Å². The number of nitrogens with zero attached hydrogens (tertiary/aromatic N) is 3. The lowest BCUT2D eigenvalue weighted by Gasteiger charge is -2.01. The van der Waals surface area contributed by atoms with Crippen LogP contribution in [0.4, 0.5) is 0 Å². The Morgan fingerprint density at radius 3 is 2.93 bits per heavy atom. The monoisotopic (exact) mass is 191 g/mol. The van der Waals surface area contributed by atoms with Gasteiger partial charge in [0.2, 0.25) is 0 Å². The van der Waals surface area contributed by atoms with E-state index >= 15 is 0 Å². The average Bonchev–Trinajstić information content (AvgIpc) is 2.65. The number of hydrogen-bond acceptors (Lipinski definition) is 5. The van der Waals surface area contributed by atoms with Gasteiger partial charge in [0, 0.05) is 6.20 Å². The number of ether oxygens (including phenoxy) is 1. The number of aryl methyl sites for hydroxylation is 1. The van der Waals surface area contributed by atoms with Crippen LogP contribution < -0.4 is 4.74 Å². The van der Waals surface area contributed by atoms with E-state index in [1.54, 1.807) is 32.4 Å². The Labute approximate surface area is 80.7 Å². The third-order valence-corrected chi connectivity index (χ3v) is 1.72. The van der Waals surface area contributed by atoms with E-state index in [1.165, 1.54) is 0 Å².